The van der Waals surface area contributed by atoms with Crippen LogP contribution in [0.1, 0.15) is 37.4 Å². The van der Waals surface area contributed by atoms with Gasteiger partial charge in [0.25, 0.3) is 11.8 Å². The van der Waals surface area contributed by atoms with Gasteiger partial charge in [-0.3, -0.25) is 19.3 Å². The second-order valence-electron chi connectivity index (χ2n) is 8.75. The Labute approximate surface area is 202 Å². The van der Waals surface area contributed by atoms with Crippen LogP contribution in [0.5, 0.6) is 5.75 Å². The molecule has 1 saturated heterocycles. The lowest BCUT2D eigenvalue weighted by molar-refractivity contribution is -0.154. The van der Waals surface area contributed by atoms with Crippen molar-refractivity contribution in [2.75, 3.05) is 20.3 Å². The Morgan fingerprint density at radius 3 is 2.37 bits per heavy atom. The summed E-state index contributed by atoms with van der Waals surface area (Å²) in [6.07, 6.45) is 0.480. The maximum Gasteiger partial charge on any atom is 0.326 e. The maximum absolute atomic E-state index is 13.1. The van der Waals surface area contributed by atoms with Gasteiger partial charge in [-0.1, -0.05) is 42.5 Å². The number of hydrazone groups is 1. The number of carbonyl (C=O) groups excluding carboxylic acids is 4. The van der Waals surface area contributed by atoms with E-state index in [-0.39, 0.29) is 0 Å². The summed E-state index contributed by atoms with van der Waals surface area (Å²) in [6, 6.07) is 15.8. The normalized spacial score (nSPS) is 18.8. The van der Waals surface area contributed by atoms with Crippen LogP contribution in [0, 0.1) is 0 Å². The predicted octanol–water partition coefficient (Wildman–Crippen LogP) is 2.25. The molecule has 2 aliphatic rings. The van der Waals surface area contributed by atoms with Crippen molar-refractivity contribution in [3.05, 3.63) is 65.7 Å². The minimum atomic E-state index is -1.10. The Bertz CT molecular complexity index is 1180. The van der Waals surface area contributed by atoms with E-state index >= 15 is 0 Å². The molecule has 1 atom stereocenters. The summed E-state index contributed by atoms with van der Waals surface area (Å²) < 4.78 is 10.3. The summed E-state index contributed by atoms with van der Waals surface area (Å²) in [5.41, 5.74) is 1.37. The molecule has 0 saturated carbocycles. The minimum Gasteiger partial charge on any atom is -0.497 e. The van der Waals surface area contributed by atoms with Gasteiger partial charge in [0.2, 0.25) is 0 Å². The molecule has 2 aromatic carbocycles. The van der Waals surface area contributed by atoms with Gasteiger partial charge in [0.15, 0.2) is 6.61 Å². The molecule has 0 radical (unpaired) electrons. The van der Waals surface area contributed by atoms with E-state index in [1.165, 1.54) is 18.9 Å². The van der Waals surface area contributed by atoms with E-state index in [2.05, 4.69) is 10.4 Å². The van der Waals surface area contributed by atoms with Gasteiger partial charge in [-0.2, -0.15) is 5.10 Å². The van der Waals surface area contributed by atoms with Crippen LogP contribution in [0.25, 0.3) is 0 Å². The molecular weight excluding hydrogens is 452 g/mol. The molecule has 1 fully saturated rings. The van der Waals surface area contributed by atoms with Gasteiger partial charge in [0, 0.05) is 6.42 Å². The lowest BCUT2D eigenvalue weighted by atomic mass is 9.98. The van der Waals surface area contributed by atoms with Crippen LogP contribution in [-0.4, -0.2) is 65.2 Å². The highest BCUT2D eigenvalue weighted by Crippen LogP contribution is 2.33. The quantitative estimate of drug-likeness (QED) is 0.482. The maximum atomic E-state index is 13.1. The number of benzene rings is 2. The molecule has 10 nitrogen and oxygen atoms in total. The molecule has 0 aliphatic carbocycles. The third-order valence-electron chi connectivity index (χ3n) is 5.86. The number of hydrogen-bond donors (Lipinski definition) is 1. The van der Waals surface area contributed by atoms with E-state index < -0.39 is 48.5 Å². The number of methoxy groups -OCH3 is 1. The predicted molar refractivity (Wildman–Crippen MR) is 125 cm³/mol. The van der Waals surface area contributed by atoms with Crippen LogP contribution in [-0.2, 0) is 19.1 Å². The zero-order valence-corrected chi connectivity index (χ0v) is 19.7. The Morgan fingerprint density at radius 1 is 1.09 bits per heavy atom. The van der Waals surface area contributed by atoms with Crippen molar-refractivity contribution < 1.29 is 28.7 Å². The van der Waals surface area contributed by atoms with E-state index in [1.807, 2.05) is 42.5 Å². The van der Waals surface area contributed by atoms with Crippen molar-refractivity contribution in [1.29, 1.82) is 0 Å². The zero-order valence-electron chi connectivity index (χ0n) is 19.7. The topological polar surface area (TPSA) is 118 Å². The van der Waals surface area contributed by atoms with Crippen molar-refractivity contribution in [3.8, 4) is 5.75 Å². The van der Waals surface area contributed by atoms with Gasteiger partial charge in [-0.15, -0.1) is 0 Å². The van der Waals surface area contributed by atoms with Gasteiger partial charge < -0.3 is 14.8 Å². The highest BCUT2D eigenvalue weighted by molar-refractivity contribution is 6.08. The molecule has 4 amide bonds. The fourth-order valence-corrected chi connectivity index (χ4v) is 3.98. The first-order valence-corrected chi connectivity index (χ1v) is 11.1. The average Bonchev–Trinajstić information content (AvgIpc) is 3.38. The van der Waals surface area contributed by atoms with Crippen LogP contribution in [0.2, 0.25) is 0 Å². The molecule has 10 heteroatoms. The molecule has 1 N–H and O–H groups in total. The Morgan fingerprint density at radius 2 is 1.77 bits per heavy atom. The number of nitrogens with zero attached hydrogens (tertiary/aromatic N) is 3. The van der Waals surface area contributed by atoms with Crippen LogP contribution >= 0.6 is 0 Å². The minimum absolute atomic E-state index is 0.394. The highest BCUT2D eigenvalue weighted by Gasteiger charge is 2.45. The lowest BCUT2D eigenvalue weighted by Crippen LogP contribution is -2.41. The first-order valence-electron chi connectivity index (χ1n) is 11.1. The average molecular weight is 479 g/mol. The first-order chi connectivity index (χ1) is 16.7. The summed E-state index contributed by atoms with van der Waals surface area (Å²) in [5, 5.41) is 8.33. The molecule has 4 rings (SSSR count). The van der Waals surface area contributed by atoms with Crippen molar-refractivity contribution in [2.24, 2.45) is 5.10 Å². The third-order valence-corrected chi connectivity index (χ3v) is 5.86. The number of nitrogens with one attached hydrogen (secondary N) is 1. The van der Waals surface area contributed by atoms with Crippen molar-refractivity contribution in [1.82, 2.24) is 15.2 Å². The fraction of sp³-hybridized carbons (Fsp3) is 0.320. The molecule has 0 spiro atoms. The number of esters is 1. The Kier molecular flexibility index (Phi) is 6.54. The van der Waals surface area contributed by atoms with E-state index in [4.69, 9.17) is 9.47 Å². The number of carbonyl (C=O) groups is 4. The van der Waals surface area contributed by atoms with Crippen molar-refractivity contribution in [2.45, 2.75) is 31.8 Å². The summed E-state index contributed by atoms with van der Waals surface area (Å²) in [4.78, 5) is 50.4. The fourth-order valence-electron chi connectivity index (χ4n) is 3.98. The van der Waals surface area contributed by atoms with Crippen LogP contribution in [0.4, 0.5) is 4.79 Å². The zero-order chi connectivity index (χ0) is 25.2. The highest BCUT2D eigenvalue weighted by atomic mass is 16.5. The molecule has 2 aliphatic heterocycles. The van der Waals surface area contributed by atoms with Gasteiger partial charge in [0.1, 0.15) is 17.8 Å². The van der Waals surface area contributed by atoms with Gasteiger partial charge >= 0.3 is 12.0 Å². The SMILES string of the molecule is COc1ccc(C2CC(c3ccccc3)=NN2C(=O)COC(=O)CN2C(=O)NC(C)(C)C2=O)cc1. The first kappa shape index (κ1) is 23.9. The summed E-state index contributed by atoms with van der Waals surface area (Å²) in [7, 11) is 1.58. The van der Waals surface area contributed by atoms with Crippen molar-refractivity contribution in [3.63, 3.8) is 0 Å². The molecule has 1 unspecified atom stereocenters. The molecule has 2 aromatic rings. The van der Waals surface area contributed by atoms with Gasteiger partial charge in [-0.25, -0.2) is 9.80 Å². The van der Waals surface area contributed by atoms with Crippen LogP contribution in [0.3, 0.4) is 0 Å². The summed E-state index contributed by atoms with van der Waals surface area (Å²) in [5.74, 6) is -1.25. The Hall–Kier alpha value is -4.21. The van der Waals surface area contributed by atoms with Crippen LogP contribution < -0.4 is 10.1 Å². The Balaban J connectivity index is 1.46. The summed E-state index contributed by atoms with van der Waals surface area (Å²) >= 11 is 0. The van der Waals surface area contributed by atoms with E-state index in [0.29, 0.717) is 12.2 Å². The molecule has 182 valence electrons. The smallest absolute Gasteiger partial charge is 0.326 e. The molecule has 35 heavy (non-hydrogen) atoms. The van der Waals surface area contributed by atoms with E-state index in [1.54, 1.807) is 19.2 Å². The standard InChI is InChI=1S/C25H26N4O6/c1-25(2)23(32)28(24(33)26-25)14-22(31)35-15-21(30)29-20(17-9-11-18(34-3)12-10-17)13-19(27-29)16-7-5-4-6-8-16/h4-12,20H,13-15H2,1-3H3,(H,26,33). The number of hydrogen-bond acceptors (Lipinski definition) is 7. The molecule has 0 aromatic heterocycles. The number of imide groups is 1. The lowest BCUT2D eigenvalue weighted by Gasteiger charge is -2.22. The van der Waals surface area contributed by atoms with Crippen LogP contribution in [0.15, 0.2) is 59.7 Å². The largest absolute Gasteiger partial charge is 0.497 e. The summed E-state index contributed by atoms with van der Waals surface area (Å²) in [6.45, 7) is 1.92. The van der Waals surface area contributed by atoms with E-state index in [9.17, 15) is 19.2 Å². The molecule has 0 bridgehead atoms. The number of amides is 4. The number of urea groups is 1. The number of ether oxygens (including phenoxy) is 2. The van der Waals surface area contributed by atoms with Gasteiger partial charge in [0.05, 0.1) is 18.9 Å². The van der Waals surface area contributed by atoms with E-state index in [0.717, 1.165) is 21.7 Å². The number of rotatable bonds is 7. The second-order valence-corrected chi connectivity index (χ2v) is 8.75. The monoisotopic (exact) mass is 478 g/mol. The van der Waals surface area contributed by atoms with Crippen molar-refractivity contribution >= 4 is 29.5 Å². The van der Waals surface area contributed by atoms with Gasteiger partial charge in [-0.05, 0) is 37.1 Å². The molecular formula is C25H26N4O6. The second kappa shape index (κ2) is 9.57. The molecule has 2 heterocycles. The third kappa shape index (κ3) is 5.01.